The van der Waals surface area contributed by atoms with Crippen LogP contribution in [0.3, 0.4) is 0 Å². The molecule has 0 bridgehead atoms. The molecule has 4 rings (SSSR count). The van der Waals surface area contributed by atoms with E-state index in [4.69, 9.17) is 16.9 Å². The SMILES string of the molecule is N=C(N)c1cccc(CC(NS(=O)(=O)c2cccc(NC(=O)CCN)c2)c2nc3ccccc3s2)c1. The molecule has 0 fully saturated rings. The number of sulfonamides is 1. The van der Waals surface area contributed by atoms with E-state index in [0.29, 0.717) is 22.7 Å². The summed E-state index contributed by atoms with van der Waals surface area (Å²) in [6.07, 6.45) is 0.432. The van der Waals surface area contributed by atoms with Gasteiger partial charge in [0, 0.05) is 24.2 Å². The summed E-state index contributed by atoms with van der Waals surface area (Å²) in [5.74, 6) is -0.361. The van der Waals surface area contributed by atoms with Crippen LogP contribution >= 0.6 is 11.3 Å². The number of thiazole rings is 1. The van der Waals surface area contributed by atoms with Crippen molar-refractivity contribution < 1.29 is 13.2 Å². The van der Waals surface area contributed by atoms with Crippen LogP contribution in [-0.2, 0) is 21.2 Å². The Morgan fingerprint density at radius 1 is 1.06 bits per heavy atom. The maximum Gasteiger partial charge on any atom is 0.241 e. The third kappa shape index (κ3) is 6.13. The number of nitrogens with one attached hydrogen (secondary N) is 3. The van der Waals surface area contributed by atoms with Crippen molar-refractivity contribution in [1.29, 1.82) is 5.41 Å². The van der Waals surface area contributed by atoms with Gasteiger partial charge in [0.1, 0.15) is 10.8 Å². The van der Waals surface area contributed by atoms with Gasteiger partial charge in [-0.2, -0.15) is 0 Å². The smallest absolute Gasteiger partial charge is 0.241 e. The molecule has 1 unspecified atom stereocenters. The topological polar surface area (TPSA) is 164 Å². The number of nitrogen functional groups attached to an aromatic ring is 1. The minimum Gasteiger partial charge on any atom is -0.384 e. The normalized spacial score (nSPS) is 12.4. The zero-order valence-electron chi connectivity index (χ0n) is 19.3. The van der Waals surface area contributed by atoms with Gasteiger partial charge in [0.05, 0.1) is 21.2 Å². The highest BCUT2D eigenvalue weighted by molar-refractivity contribution is 7.89. The maximum atomic E-state index is 13.4. The maximum absolute atomic E-state index is 13.4. The lowest BCUT2D eigenvalue weighted by atomic mass is 10.0. The fourth-order valence-electron chi connectivity index (χ4n) is 3.67. The molecule has 36 heavy (non-hydrogen) atoms. The number of hydrogen-bond acceptors (Lipinski definition) is 7. The van der Waals surface area contributed by atoms with E-state index in [2.05, 4.69) is 15.0 Å². The Morgan fingerprint density at radius 3 is 2.58 bits per heavy atom. The Bertz CT molecular complexity index is 1480. The lowest BCUT2D eigenvalue weighted by Crippen LogP contribution is -2.30. The highest BCUT2D eigenvalue weighted by atomic mass is 32.2. The predicted octanol–water partition coefficient (Wildman–Crippen LogP) is 3.13. The molecule has 0 saturated heterocycles. The average Bonchev–Trinajstić information content (AvgIpc) is 3.28. The molecule has 0 saturated carbocycles. The molecule has 0 aliphatic rings. The van der Waals surface area contributed by atoms with Gasteiger partial charge < -0.3 is 16.8 Å². The molecule has 1 atom stereocenters. The number of hydrogen-bond donors (Lipinski definition) is 5. The highest BCUT2D eigenvalue weighted by Gasteiger charge is 2.25. The van der Waals surface area contributed by atoms with Gasteiger partial charge in [-0.05, 0) is 48.4 Å². The first-order chi connectivity index (χ1) is 17.2. The molecule has 4 aromatic rings. The molecule has 0 aliphatic carbocycles. The van der Waals surface area contributed by atoms with E-state index in [1.165, 1.54) is 23.5 Å². The first kappa shape index (κ1) is 25.5. The molecular weight excluding hydrogens is 496 g/mol. The van der Waals surface area contributed by atoms with Gasteiger partial charge in [-0.3, -0.25) is 10.2 Å². The number of amides is 1. The van der Waals surface area contributed by atoms with Crippen molar-refractivity contribution in [3.8, 4) is 0 Å². The lowest BCUT2D eigenvalue weighted by molar-refractivity contribution is -0.116. The Balaban J connectivity index is 1.67. The van der Waals surface area contributed by atoms with Crippen molar-refractivity contribution in [3.63, 3.8) is 0 Å². The van der Waals surface area contributed by atoms with Crippen LogP contribution in [0.5, 0.6) is 0 Å². The van der Waals surface area contributed by atoms with Gasteiger partial charge in [0.15, 0.2) is 0 Å². The van der Waals surface area contributed by atoms with Crippen LogP contribution in [0.15, 0.2) is 77.7 Å². The second-order valence-electron chi connectivity index (χ2n) is 8.13. The number of nitrogens with zero attached hydrogens (tertiary/aromatic N) is 1. The zero-order valence-corrected chi connectivity index (χ0v) is 20.9. The van der Waals surface area contributed by atoms with Crippen LogP contribution in [-0.4, -0.2) is 31.7 Å². The van der Waals surface area contributed by atoms with Crippen molar-refractivity contribution >= 4 is 49.0 Å². The summed E-state index contributed by atoms with van der Waals surface area (Å²) >= 11 is 1.41. The number of nitrogens with two attached hydrogens (primary N) is 2. The van der Waals surface area contributed by atoms with Crippen molar-refractivity contribution in [3.05, 3.63) is 88.9 Å². The van der Waals surface area contributed by atoms with E-state index in [1.807, 2.05) is 30.3 Å². The zero-order chi connectivity index (χ0) is 25.7. The molecule has 186 valence electrons. The minimum atomic E-state index is -3.99. The van der Waals surface area contributed by atoms with Gasteiger partial charge in [-0.15, -0.1) is 11.3 Å². The van der Waals surface area contributed by atoms with Crippen molar-refractivity contribution in [1.82, 2.24) is 9.71 Å². The first-order valence-corrected chi connectivity index (χ1v) is 13.5. The number of carbonyl (C=O) groups excluding carboxylic acids is 1. The fraction of sp³-hybridized carbons (Fsp3) is 0.160. The standard InChI is InChI=1S/C25H26N6O3S2/c26-12-11-23(32)29-18-7-4-8-19(15-18)36(33,34)31-21(14-16-5-3-6-17(13-16)24(27)28)25-30-20-9-1-2-10-22(20)35-25/h1-10,13,15,21,31H,11-12,14,26H2,(H3,27,28)(H,29,32). The number of benzene rings is 3. The molecule has 9 nitrogen and oxygen atoms in total. The highest BCUT2D eigenvalue weighted by Crippen LogP contribution is 2.30. The van der Waals surface area contributed by atoms with Gasteiger partial charge >= 0.3 is 0 Å². The lowest BCUT2D eigenvalue weighted by Gasteiger charge is -2.18. The third-order valence-corrected chi connectivity index (χ3v) is 8.00. The van der Waals surface area contributed by atoms with Crippen LogP contribution in [0.1, 0.15) is 28.6 Å². The summed E-state index contributed by atoms with van der Waals surface area (Å²) in [7, 11) is -3.99. The summed E-state index contributed by atoms with van der Waals surface area (Å²) in [6.45, 7) is 0.194. The first-order valence-electron chi connectivity index (χ1n) is 11.2. The summed E-state index contributed by atoms with van der Waals surface area (Å²) in [5, 5.41) is 11.0. The Kier molecular flexibility index (Phi) is 7.75. The number of amidine groups is 1. The number of fused-ring (bicyclic) bond motifs is 1. The Labute approximate surface area is 213 Å². The average molecular weight is 523 g/mol. The minimum absolute atomic E-state index is 0.0108. The summed E-state index contributed by atoms with van der Waals surface area (Å²) in [6, 6.07) is 20.1. The van der Waals surface area contributed by atoms with Crippen LogP contribution in [0.2, 0.25) is 0 Å². The number of para-hydroxylation sites is 1. The summed E-state index contributed by atoms with van der Waals surface area (Å²) in [5.41, 5.74) is 13.6. The van der Waals surface area contributed by atoms with E-state index in [1.54, 1.807) is 30.3 Å². The molecule has 1 amide bonds. The number of carbonyl (C=O) groups is 1. The van der Waals surface area contributed by atoms with Crippen LogP contribution < -0.4 is 21.5 Å². The molecule has 0 radical (unpaired) electrons. The molecule has 0 spiro atoms. The number of aromatic nitrogens is 1. The van der Waals surface area contributed by atoms with Gasteiger partial charge in [-0.25, -0.2) is 18.1 Å². The number of rotatable bonds is 10. The van der Waals surface area contributed by atoms with Gasteiger partial charge in [0.2, 0.25) is 15.9 Å². The fourth-order valence-corrected chi connectivity index (χ4v) is 6.01. The van der Waals surface area contributed by atoms with Crippen molar-refractivity contribution in [2.24, 2.45) is 11.5 Å². The Hall–Kier alpha value is -3.64. The number of anilines is 1. The molecule has 0 aliphatic heterocycles. The summed E-state index contributed by atoms with van der Waals surface area (Å²) < 4.78 is 30.6. The van der Waals surface area contributed by atoms with Crippen LogP contribution in [0, 0.1) is 5.41 Å². The van der Waals surface area contributed by atoms with Gasteiger partial charge in [-0.1, -0.05) is 36.4 Å². The van der Waals surface area contributed by atoms with Crippen molar-refractivity contribution in [2.75, 3.05) is 11.9 Å². The Morgan fingerprint density at radius 2 is 1.83 bits per heavy atom. The van der Waals surface area contributed by atoms with E-state index >= 15 is 0 Å². The van der Waals surface area contributed by atoms with E-state index in [0.717, 1.165) is 15.8 Å². The van der Waals surface area contributed by atoms with E-state index in [-0.39, 0.29) is 29.6 Å². The van der Waals surface area contributed by atoms with Crippen molar-refractivity contribution in [2.45, 2.75) is 23.8 Å². The third-order valence-electron chi connectivity index (χ3n) is 5.38. The largest absolute Gasteiger partial charge is 0.384 e. The second-order valence-corrected chi connectivity index (χ2v) is 10.9. The van der Waals surface area contributed by atoms with E-state index in [9.17, 15) is 13.2 Å². The molecule has 3 aromatic carbocycles. The van der Waals surface area contributed by atoms with Crippen LogP contribution in [0.25, 0.3) is 10.2 Å². The van der Waals surface area contributed by atoms with Gasteiger partial charge in [0.25, 0.3) is 0 Å². The summed E-state index contributed by atoms with van der Waals surface area (Å²) in [4.78, 5) is 16.6. The monoisotopic (exact) mass is 522 g/mol. The molecule has 7 N–H and O–H groups in total. The molecule has 1 heterocycles. The van der Waals surface area contributed by atoms with Crippen LogP contribution in [0.4, 0.5) is 5.69 Å². The second kappa shape index (κ2) is 11.0. The molecule has 11 heteroatoms. The molecule has 1 aromatic heterocycles. The predicted molar refractivity (Wildman–Crippen MR) is 143 cm³/mol. The molecular formula is C25H26N6O3S2. The quantitative estimate of drug-likeness (QED) is 0.159. The van der Waals surface area contributed by atoms with E-state index < -0.39 is 16.1 Å².